The second-order valence-electron chi connectivity index (χ2n) is 6.05. The van der Waals surface area contributed by atoms with Gasteiger partial charge in [0, 0.05) is 25.0 Å². The fourth-order valence-corrected chi connectivity index (χ4v) is 2.86. The van der Waals surface area contributed by atoms with Gasteiger partial charge in [0.15, 0.2) is 0 Å². The summed E-state index contributed by atoms with van der Waals surface area (Å²) in [5.41, 5.74) is 6.94. The molecule has 0 bridgehead atoms. The number of aromatic nitrogens is 2. The monoisotopic (exact) mass is 341 g/mol. The van der Waals surface area contributed by atoms with Crippen LogP contribution >= 0.6 is 0 Å². The van der Waals surface area contributed by atoms with E-state index in [1.807, 2.05) is 0 Å². The number of amides is 1. The number of carbonyl (C=O) groups excluding carboxylic acids is 1. The number of nitrogens with one attached hydrogen (secondary N) is 1. The standard InChI is InChI=1S/C18H23N5O2/c1-25-14-8-6-13(7-9-14)21-17(24)15-12-20-18(22-16(15)19)23-10-4-2-3-5-11-23/h6-9,12H,2-5,10-11H2,1H3,(H,21,24)(H2,19,20,22). The quantitative estimate of drug-likeness (QED) is 0.888. The molecule has 25 heavy (non-hydrogen) atoms. The molecule has 0 spiro atoms. The highest BCUT2D eigenvalue weighted by Gasteiger charge is 2.17. The van der Waals surface area contributed by atoms with Crippen LogP contribution in [0, 0.1) is 0 Å². The second-order valence-corrected chi connectivity index (χ2v) is 6.05. The molecule has 7 nitrogen and oxygen atoms in total. The smallest absolute Gasteiger partial charge is 0.260 e. The summed E-state index contributed by atoms with van der Waals surface area (Å²) in [7, 11) is 1.59. The molecule has 0 unspecified atom stereocenters. The minimum absolute atomic E-state index is 0.195. The van der Waals surface area contributed by atoms with Gasteiger partial charge in [-0.25, -0.2) is 4.98 Å². The molecule has 0 aliphatic carbocycles. The third kappa shape index (κ3) is 4.17. The van der Waals surface area contributed by atoms with Gasteiger partial charge in [-0.05, 0) is 37.1 Å². The average Bonchev–Trinajstić information content (AvgIpc) is 2.91. The highest BCUT2D eigenvalue weighted by molar-refractivity contribution is 6.07. The normalized spacial score (nSPS) is 14.7. The van der Waals surface area contributed by atoms with Gasteiger partial charge >= 0.3 is 0 Å². The molecule has 0 radical (unpaired) electrons. The predicted molar refractivity (Wildman–Crippen MR) is 98.1 cm³/mol. The van der Waals surface area contributed by atoms with Gasteiger partial charge in [0.25, 0.3) is 5.91 Å². The Morgan fingerprint density at radius 3 is 2.44 bits per heavy atom. The third-order valence-corrected chi connectivity index (χ3v) is 4.29. The topological polar surface area (TPSA) is 93.4 Å². The lowest BCUT2D eigenvalue weighted by atomic mass is 10.2. The summed E-state index contributed by atoms with van der Waals surface area (Å²) in [6.45, 7) is 1.85. The van der Waals surface area contributed by atoms with Gasteiger partial charge in [-0.3, -0.25) is 4.79 Å². The largest absolute Gasteiger partial charge is 0.497 e. The van der Waals surface area contributed by atoms with Gasteiger partial charge in [0.05, 0.1) is 7.11 Å². The second kappa shape index (κ2) is 7.83. The molecule has 3 rings (SSSR count). The zero-order valence-electron chi connectivity index (χ0n) is 14.4. The Hall–Kier alpha value is -2.83. The fourth-order valence-electron chi connectivity index (χ4n) is 2.86. The Labute approximate surface area is 147 Å². The van der Waals surface area contributed by atoms with Crippen LogP contribution in [0.4, 0.5) is 17.5 Å². The molecule has 1 fully saturated rings. The minimum Gasteiger partial charge on any atom is -0.497 e. The molecule has 3 N–H and O–H groups in total. The fraction of sp³-hybridized carbons (Fsp3) is 0.389. The van der Waals surface area contributed by atoms with Crippen molar-refractivity contribution in [3.05, 3.63) is 36.0 Å². The summed E-state index contributed by atoms with van der Waals surface area (Å²) in [6.07, 6.45) is 6.22. The molecule has 1 saturated heterocycles. The Kier molecular flexibility index (Phi) is 5.33. The van der Waals surface area contributed by atoms with Crippen LogP contribution in [-0.2, 0) is 0 Å². The number of ether oxygens (including phenoxy) is 1. The highest BCUT2D eigenvalue weighted by atomic mass is 16.5. The van der Waals surface area contributed by atoms with Crippen molar-refractivity contribution in [2.45, 2.75) is 25.7 Å². The molecule has 2 heterocycles. The van der Waals surface area contributed by atoms with Crippen LogP contribution in [0.25, 0.3) is 0 Å². The maximum atomic E-state index is 12.4. The zero-order valence-corrected chi connectivity index (χ0v) is 14.4. The third-order valence-electron chi connectivity index (χ3n) is 4.29. The van der Waals surface area contributed by atoms with E-state index in [2.05, 4.69) is 20.2 Å². The zero-order chi connectivity index (χ0) is 17.6. The molecule has 1 aliphatic heterocycles. The van der Waals surface area contributed by atoms with Crippen molar-refractivity contribution in [3.8, 4) is 5.75 Å². The number of anilines is 3. The number of nitrogens with two attached hydrogens (primary N) is 1. The summed E-state index contributed by atoms with van der Waals surface area (Å²) in [4.78, 5) is 23.2. The van der Waals surface area contributed by atoms with Crippen molar-refractivity contribution in [2.75, 3.05) is 36.1 Å². The molecular formula is C18H23N5O2. The lowest BCUT2D eigenvalue weighted by Crippen LogP contribution is -2.27. The van der Waals surface area contributed by atoms with Crippen molar-refractivity contribution >= 4 is 23.4 Å². The molecule has 0 saturated carbocycles. The number of rotatable bonds is 4. The molecule has 132 valence electrons. The number of nitrogen functional groups attached to an aromatic ring is 1. The van der Waals surface area contributed by atoms with Gasteiger partial charge in [-0.1, -0.05) is 12.8 Å². The van der Waals surface area contributed by atoms with Crippen LogP contribution in [0.5, 0.6) is 5.75 Å². The van der Waals surface area contributed by atoms with E-state index in [0.29, 0.717) is 11.6 Å². The summed E-state index contributed by atoms with van der Waals surface area (Å²) in [5.74, 6) is 1.19. The maximum Gasteiger partial charge on any atom is 0.260 e. The van der Waals surface area contributed by atoms with Crippen molar-refractivity contribution in [2.24, 2.45) is 0 Å². The SMILES string of the molecule is COc1ccc(NC(=O)c2cnc(N3CCCCCC3)nc2N)cc1. The van der Waals surface area contributed by atoms with Crippen LogP contribution in [0.1, 0.15) is 36.0 Å². The average molecular weight is 341 g/mol. The number of carbonyl (C=O) groups is 1. The maximum absolute atomic E-state index is 12.4. The number of hydrogen-bond acceptors (Lipinski definition) is 6. The van der Waals surface area contributed by atoms with E-state index in [4.69, 9.17) is 10.5 Å². The van der Waals surface area contributed by atoms with Crippen molar-refractivity contribution < 1.29 is 9.53 Å². The first-order valence-corrected chi connectivity index (χ1v) is 8.50. The van der Waals surface area contributed by atoms with Gasteiger partial charge in [0.1, 0.15) is 17.1 Å². The van der Waals surface area contributed by atoms with E-state index in [1.54, 1.807) is 31.4 Å². The van der Waals surface area contributed by atoms with Crippen LogP contribution in [0.3, 0.4) is 0 Å². The van der Waals surface area contributed by atoms with Crippen molar-refractivity contribution in [1.82, 2.24) is 9.97 Å². The van der Waals surface area contributed by atoms with Crippen molar-refractivity contribution in [3.63, 3.8) is 0 Å². The number of benzene rings is 1. The van der Waals surface area contributed by atoms with Crippen LogP contribution < -0.4 is 20.7 Å². The Morgan fingerprint density at radius 1 is 1.16 bits per heavy atom. The predicted octanol–water partition coefficient (Wildman–Crippen LogP) is 2.70. The molecule has 1 aromatic carbocycles. The van der Waals surface area contributed by atoms with Gasteiger partial charge < -0.3 is 20.7 Å². The summed E-state index contributed by atoms with van der Waals surface area (Å²) in [5, 5.41) is 2.79. The molecule has 7 heteroatoms. The van der Waals surface area contributed by atoms with E-state index < -0.39 is 0 Å². The van der Waals surface area contributed by atoms with E-state index in [9.17, 15) is 4.79 Å². The molecule has 1 aliphatic rings. The molecule has 1 aromatic heterocycles. The number of methoxy groups -OCH3 is 1. The lowest BCUT2D eigenvalue weighted by molar-refractivity contribution is 0.102. The summed E-state index contributed by atoms with van der Waals surface area (Å²) >= 11 is 0. The Bertz CT molecular complexity index is 725. The Balaban J connectivity index is 1.71. The molecule has 1 amide bonds. The van der Waals surface area contributed by atoms with Gasteiger partial charge in [0.2, 0.25) is 5.95 Å². The lowest BCUT2D eigenvalue weighted by Gasteiger charge is -2.20. The van der Waals surface area contributed by atoms with E-state index in [0.717, 1.165) is 31.7 Å². The molecule has 0 atom stereocenters. The molecular weight excluding hydrogens is 318 g/mol. The highest BCUT2D eigenvalue weighted by Crippen LogP contribution is 2.20. The first-order valence-electron chi connectivity index (χ1n) is 8.50. The summed E-state index contributed by atoms with van der Waals surface area (Å²) in [6, 6.07) is 7.08. The van der Waals surface area contributed by atoms with E-state index in [1.165, 1.54) is 19.0 Å². The van der Waals surface area contributed by atoms with Crippen molar-refractivity contribution in [1.29, 1.82) is 0 Å². The first kappa shape index (κ1) is 17.0. The first-order chi connectivity index (χ1) is 12.2. The van der Waals surface area contributed by atoms with Crippen LogP contribution in [0.2, 0.25) is 0 Å². The van der Waals surface area contributed by atoms with E-state index >= 15 is 0 Å². The van der Waals surface area contributed by atoms with Gasteiger partial charge in [-0.2, -0.15) is 4.98 Å². The van der Waals surface area contributed by atoms with Gasteiger partial charge in [-0.15, -0.1) is 0 Å². The van der Waals surface area contributed by atoms with E-state index in [-0.39, 0.29) is 17.3 Å². The number of hydrogen-bond donors (Lipinski definition) is 2. The molecule has 2 aromatic rings. The number of nitrogens with zero attached hydrogens (tertiary/aromatic N) is 3. The minimum atomic E-state index is -0.329. The van der Waals surface area contributed by atoms with Crippen LogP contribution in [0.15, 0.2) is 30.5 Å². The Morgan fingerprint density at radius 2 is 1.84 bits per heavy atom. The van der Waals surface area contributed by atoms with Crippen LogP contribution in [-0.4, -0.2) is 36.1 Å². The summed E-state index contributed by atoms with van der Waals surface area (Å²) < 4.78 is 5.10.